The molecule has 2 N–H and O–H groups in total. The van der Waals surface area contributed by atoms with Gasteiger partial charge in [-0.1, -0.05) is 48.5 Å². The molecule has 0 aliphatic rings. The van der Waals surface area contributed by atoms with Crippen molar-refractivity contribution >= 4 is 11.7 Å². The van der Waals surface area contributed by atoms with Crippen LogP contribution in [0.2, 0.25) is 0 Å². The zero-order chi connectivity index (χ0) is 29.0. The second-order valence-corrected chi connectivity index (χ2v) is 9.24. The summed E-state index contributed by atoms with van der Waals surface area (Å²) in [7, 11) is 0. The largest absolute Gasteiger partial charge is 0.416 e. The molecule has 5 nitrogen and oxygen atoms in total. The summed E-state index contributed by atoms with van der Waals surface area (Å²) in [6.45, 7) is 0.703. The number of amides is 2. The van der Waals surface area contributed by atoms with E-state index in [0.717, 1.165) is 24.4 Å². The lowest BCUT2D eigenvalue weighted by molar-refractivity contribution is -0.137. The van der Waals surface area contributed by atoms with Crippen LogP contribution in [-0.2, 0) is 24.1 Å². The molecule has 1 atom stereocenters. The van der Waals surface area contributed by atoms with E-state index < -0.39 is 34.8 Å². The molecule has 0 radical (unpaired) electrons. The number of alkyl halides is 5. The first-order valence-corrected chi connectivity index (χ1v) is 12.1. The van der Waals surface area contributed by atoms with E-state index in [-0.39, 0.29) is 28.9 Å². The number of nitriles is 1. The van der Waals surface area contributed by atoms with Crippen molar-refractivity contribution in [3.8, 4) is 6.07 Å². The number of carbonyl (C=O) groups is 1. The quantitative estimate of drug-likeness (QED) is 0.236. The summed E-state index contributed by atoms with van der Waals surface area (Å²) < 4.78 is 69.3. The Morgan fingerprint density at radius 3 is 2.17 bits per heavy atom. The van der Waals surface area contributed by atoms with Crippen molar-refractivity contribution < 1.29 is 26.7 Å². The molecule has 0 spiro atoms. The van der Waals surface area contributed by atoms with Crippen LogP contribution in [0.25, 0.3) is 0 Å². The molecular formula is C30H23F5N4O. The molecule has 10 heteroatoms. The summed E-state index contributed by atoms with van der Waals surface area (Å²) in [4.78, 5) is 17.6. The molecule has 204 valence electrons. The van der Waals surface area contributed by atoms with Crippen LogP contribution < -0.4 is 10.6 Å². The van der Waals surface area contributed by atoms with Crippen LogP contribution in [0.3, 0.4) is 0 Å². The lowest BCUT2D eigenvalue weighted by atomic mass is 9.79. The molecule has 1 aromatic heterocycles. The van der Waals surface area contributed by atoms with E-state index in [1.165, 1.54) is 24.3 Å². The molecule has 0 aliphatic carbocycles. The fraction of sp³-hybridized carbons (Fsp3) is 0.167. The third-order valence-corrected chi connectivity index (χ3v) is 6.28. The Bertz CT molecular complexity index is 1530. The average molecular weight is 551 g/mol. The summed E-state index contributed by atoms with van der Waals surface area (Å²) in [5, 5.41) is 14.6. The first-order chi connectivity index (χ1) is 18.9. The van der Waals surface area contributed by atoms with E-state index in [2.05, 4.69) is 15.6 Å². The van der Waals surface area contributed by atoms with Gasteiger partial charge in [-0.3, -0.25) is 4.98 Å². The maximum absolute atomic E-state index is 14.0. The third kappa shape index (κ3) is 6.43. The Labute approximate surface area is 227 Å². The SMILES string of the molecule is CC(F)(F)c1ccc(C(Cc2ccccc2)(NC(=O)Nc2cccc(C#N)c2)c2cccc(C(F)(F)F)c2)nc1. The van der Waals surface area contributed by atoms with Gasteiger partial charge >= 0.3 is 12.2 Å². The Morgan fingerprint density at radius 2 is 1.55 bits per heavy atom. The molecule has 3 aromatic carbocycles. The average Bonchev–Trinajstić information content (AvgIpc) is 2.92. The second-order valence-electron chi connectivity index (χ2n) is 9.24. The molecule has 1 heterocycles. The van der Waals surface area contributed by atoms with Gasteiger partial charge in [0.1, 0.15) is 5.54 Å². The molecule has 0 aliphatic heterocycles. The third-order valence-electron chi connectivity index (χ3n) is 6.28. The van der Waals surface area contributed by atoms with E-state index in [1.54, 1.807) is 48.5 Å². The van der Waals surface area contributed by atoms with Gasteiger partial charge in [-0.15, -0.1) is 0 Å². The predicted octanol–water partition coefficient (Wildman–Crippen LogP) is 7.39. The van der Waals surface area contributed by atoms with E-state index in [1.807, 2.05) is 6.07 Å². The molecule has 40 heavy (non-hydrogen) atoms. The van der Waals surface area contributed by atoms with Gasteiger partial charge in [-0.05, 0) is 53.6 Å². The van der Waals surface area contributed by atoms with E-state index in [4.69, 9.17) is 0 Å². The Morgan fingerprint density at radius 1 is 0.850 bits per heavy atom. The fourth-order valence-corrected chi connectivity index (χ4v) is 4.31. The predicted molar refractivity (Wildman–Crippen MR) is 139 cm³/mol. The molecule has 1 unspecified atom stereocenters. The Kier molecular flexibility index (Phi) is 7.86. The number of benzene rings is 3. The van der Waals surface area contributed by atoms with E-state index in [9.17, 15) is 32.0 Å². The van der Waals surface area contributed by atoms with Crippen molar-refractivity contribution in [1.29, 1.82) is 5.26 Å². The van der Waals surface area contributed by atoms with Gasteiger partial charge in [0.05, 0.1) is 22.9 Å². The van der Waals surface area contributed by atoms with Crippen molar-refractivity contribution in [2.75, 3.05) is 5.32 Å². The number of nitrogens with zero attached hydrogens (tertiary/aromatic N) is 2. The van der Waals surface area contributed by atoms with Crippen LogP contribution in [0.1, 0.15) is 40.4 Å². The lowest BCUT2D eigenvalue weighted by Gasteiger charge is -2.36. The van der Waals surface area contributed by atoms with Crippen LogP contribution in [-0.4, -0.2) is 11.0 Å². The number of hydrogen-bond acceptors (Lipinski definition) is 3. The molecular weight excluding hydrogens is 527 g/mol. The maximum Gasteiger partial charge on any atom is 0.416 e. The van der Waals surface area contributed by atoms with Gasteiger partial charge in [-0.25, -0.2) is 13.6 Å². The van der Waals surface area contributed by atoms with Crippen LogP contribution >= 0.6 is 0 Å². The van der Waals surface area contributed by atoms with E-state index in [0.29, 0.717) is 12.5 Å². The van der Waals surface area contributed by atoms with Gasteiger partial charge in [0, 0.05) is 30.8 Å². The molecule has 0 bridgehead atoms. The van der Waals surface area contributed by atoms with Crippen LogP contribution in [0.15, 0.2) is 97.2 Å². The molecule has 0 saturated carbocycles. The van der Waals surface area contributed by atoms with Gasteiger partial charge in [0.15, 0.2) is 0 Å². The van der Waals surface area contributed by atoms with Crippen molar-refractivity contribution in [3.63, 3.8) is 0 Å². The highest BCUT2D eigenvalue weighted by Gasteiger charge is 2.40. The number of halogens is 5. The highest BCUT2D eigenvalue weighted by molar-refractivity contribution is 5.90. The summed E-state index contributed by atoms with van der Waals surface area (Å²) in [6, 6.07) is 22.7. The number of pyridine rings is 1. The number of rotatable bonds is 7. The Balaban J connectivity index is 1.89. The van der Waals surface area contributed by atoms with Crippen LogP contribution in [0, 0.1) is 11.3 Å². The number of hydrogen-bond donors (Lipinski definition) is 2. The second kappa shape index (κ2) is 11.1. The minimum Gasteiger partial charge on any atom is -0.322 e. The highest BCUT2D eigenvalue weighted by Crippen LogP contribution is 2.38. The molecule has 0 saturated heterocycles. The van der Waals surface area contributed by atoms with Crippen molar-refractivity contribution in [3.05, 3.63) is 131 Å². The number of aromatic nitrogens is 1. The molecule has 4 aromatic rings. The highest BCUT2D eigenvalue weighted by atomic mass is 19.4. The fourth-order valence-electron chi connectivity index (χ4n) is 4.31. The first-order valence-electron chi connectivity index (χ1n) is 12.1. The summed E-state index contributed by atoms with van der Waals surface area (Å²) in [5.74, 6) is -3.21. The number of anilines is 1. The smallest absolute Gasteiger partial charge is 0.322 e. The lowest BCUT2D eigenvalue weighted by Crippen LogP contribution is -2.50. The molecule has 2 amide bonds. The number of nitrogens with one attached hydrogen (secondary N) is 2. The molecule has 0 fully saturated rings. The summed E-state index contributed by atoms with van der Waals surface area (Å²) in [6.07, 6.45) is -3.80. The van der Waals surface area contributed by atoms with Gasteiger partial charge < -0.3 is 10.6 Å². The minimum atomic E-state index is -4.68. The first kappa shape index (κ1) is 28.2. The van der Waals surface area contributed by atoms with Crippen molar-refractivity contribution in [2.45, 2.75) is 31.0 Å². The monoisotopic (exact) mass is 550 g/mol. The Hall–Kier alpha value is -4.78. The van der Waals surface area contributed by atoms with Gasteiger partial charge in [0.2, 0.25) is 0 Å². The van der Waals surface area contributed by atoms with Crippen LogP contribution in [0.5, 0.6) is 0 Å². The standard InChI is InChI=1S/C30H23F5N4O/c1-28(31,32)24-13-14-26(37-19-24)29(17-20-7-3-2-4-8-20,22-10-6-11-23(16-22)30(33,34)35)39-27(40)38-25-12-5-9-21(15-25)18-36/h2-16,19H,17H2,1H3,(H2,38,39,40). The summed E-state index contributed by atoms with van der Waals surface area (Å²) >= 11 is 0. The zero-order valence-electron chi connectivity index (χ0n) is 21.1. The normalized spacial score (nSPS) is 13.1. The van der Waals surface area contributed by atoms with E-state index >= 15 is 0 Å². The summed E-state index contributed by atoms with van der Waals surface area (Å²) in [5.41, 5.74) is -1.80. The number of urea groups is 1. The molecule has 4 rings (SSSR count). The maximum atomic E-state index is 14.0. The minimum absolute atomic E-state index is 0.0376. The zero-order valence-corrected chi connectivity index (χ0v) is 21.1. The number of carbonyl (C=O) groups excluding carboxylic acids is 1. The van der Waals surface area contributed by atoms with Crippen molar-refractivity contribution in [1.82, 2.24) is 10.3 Å². The van der Waals surface area contributed by atoms with Gasteiger partial charge in [0.25, 0.3) is 5.92 Å². The topological polar surface area (TPSA) is 77.8 Å². The van der Waals surface area contributed by atoms with Gasteiger partial charge in [-0.2, -0.15) is 18.4 Å². The van der Waals surface area contributed by atoms with Crippen LogP contribution in [0.4, 0.5) is 32.4 Å². The van der Waals surface area contributed by atoms with Crippen molar-refractivity contribution in [2.24, 2.45) is 0 Å².